The highest BCUT2D eigenvalue weighted by Crippen LogP contribution is 2.19. The lowest BCUT2D eigenvalue weighted by Gasteiger charge is -2.24. The third-order valence-corrected chi connectivity index (χ3v) is 2.62. The Balaban J connectivity index is 2.08. The second kappa shape index (κ2) is 5.19. The van der Waals surface area contributed by atoms with Gasteiger partial charge in [-0.25, -0.2) is 0 Å². The zero-order valence-electron chi connectivity index (χ0n) is 10.2. The van der Waals surface area contributed by atoms with E-state index in [0.29, 0.717) is 6.54 Å². The molecule has 1 atom stereocenters. The van der Waals surface area contributed by atoms with Crippen molar-refractivity contribution in [3.8, 4) is 5.75 Å². The van der Waals surface area contributed by atoms with Crippen LogP contribution >= 0.6 is 0 Å². The van der Waals surface area contributed by atoms with Crippen molar-refractivity contribution in [1.29, 1.82) is 0 Å². The molecule has 2 N–H and O–H groups in total. The summed E-state index contributed by atoms with van der Waals surface area (Å²) in [6.45, 7) is 5.48. The minimum Gasteiger partial charge on any atom is -0.491 e. The van der Waals surface area contributed by atoms with Gasteiger partial charge < -0.3 is 15.4 Å². The summed E-state index contributed by atoms with van der Waals surface area (Å²) < 4.78 is 5.56. The van der Waals surface area contributed by atoms with E-state index < -0.39 is 0 Å². The van der Waals surface area contributed by atoms with Crippen molar-refractivity contribution >= 4 is 5.91 Å². The lowest BCUT2D eigenvalue weighted by Crippen LogP contribution is -2.47. The van der Waals surface area contributed by atoms with Crippen molar-refractivity contribution in [2.45, 2.75) is 26.0 Å². The van der Waals surface area contributed by atoms with Crippen LogP contribution in [0.15, 0.2) is 24.3 Å². The fourth-order valence-electron chi connectivity index (χ4n) is 1.88. The maximum atomic E-state index is 11.7. The molecule has 1 heterocycles. The van der Waals surface area contributed by atoms with Crippen LogP contribution in [0.2, 0.25) is 0 Å². The molecular weight excluding hydrogens is 216 g/mol. The van der Waals surface area contributed by atoms with Crippen molar-refractivity contribution < 1.29 is 9.53 Å². The molecule has 1 unspecified atom stereocenters. The van der Waals surface area contributed by atoms with Crippen LogP contribution in [0.4, 0.5) is 0 Å². The molecule has 1 amide bonds. The first-order valence-corrected chi connectivity index (χ1v) is 5.94. The Morgan fingerprint density at radius 1 is 1.24 bits per heavy atom. The van der Waals surface area contributed by atoms with Gasteiger partial charge in [0.25, 0.3) is 0 Å². The number of ether oxygens (including phenoxy) is 1. The van der Waals surface area contributed by atoms with Crippen LogP contribution in [0.3, 0.4) is 0 Å². The van der Waals surface area contributed by atoms with Gasteiger partial charge in [0.2, 0.25) is 5.91 Å². The summed E-state index contributed by atoms with van der Waals surface area (Å²) in [5.41, 5.74) is 0.971. The molecule has 4 nitrogen and oxygen atoms in total. The summed E-state index contributed by atoms with van der Waals surface area (Å²) in [5.74, 6) is 0.869. The Hall–Kier alpha value is -1.55. The molecule has 0 spiro atoms. The number of benzene rings is 1. The van der Waals surface area contributed by atoms with Crippen molar-refractivity contribution in [2.75, 3.05) is 13.1 Å². The SMILES string of the molecule is CC(C)Oc1ccc(C2NCCNC2=O)cc1. The van der Waals surface area contributed by atoms with Gasteiger partial charge in [0.15, 0.2) is 0 Å². The fraction of sp³-hybridized carbons (Fsp3) is 0.462. The van der Waals surface area contributed by atoms with E-state index in [1.165, 1.54) is 0 Å². The lowest BCUT2D eigenvalue weighted by atomic mass is 10.0. The molecule has 0 aromatic heterocycles. The van der Waals surface area contributed by atoms with E-state index in [1.54, 1.807) is 0 Å². The summed E-state index contributed by atoms with van der Waals surface area (Å²) in [5, 5.41) is 6.04. The standard InChI is InChI=1S/C13H18N2O2/c1-9(2)17-11-5-3-10(4-6-11)12-13(16)15-8-7-14-12/h3-6,9,12,14H,7-8H2,1-2H3,(H,15,16). The van der Waals surface area contributed by atoms with E-state index in [4.69, 9.17) is 4.74 Å². The second-order valence-electron chi connectivity index (χ2n) is 4.41. The van der Waals surface area contributed by atoms with Crippen molar-refractivity contribution in [1.82, 2.24) is 10.6 Å². The molecule has 17 heavy (non-hydrogen) atoms. The number of piperazine rings is 1. The Bertz CT molecular complexity index is 387. The second-order valence-corrected chi connectivity index (χ2v) is 4.41. The van der Waals surface area contributed by atoms with Crippen LogP contribution in [-0.2, 0) is 4.79 Å². The zero-order chi connectivity index (χ0) is 12.3. The molecule has 0 saturated carbocycles. The largest absolute Gasteiger partial charge is 0.491 e. The number of hydrogen-bond acceptors (Lipinski definition) is 3. The van der Waals surface area contributed by atoms with Crippen LogP contribution in [0.5, 0.6) is 5.75 Å². The summed E-state index contributed by atoms with van der Waals surface area (Å²) in [7, 11) is 0. The Morgan fingerprint density at radius 2 is 1.94 bits per heavy atom. The predicted molar refractivity (Wildman–Crippen MR) is 66.0 cm³/mol. The van der Waals surface area contributed by atoms with E-state index in [9.17, 15) is 4.79 Å². The van der Waals surface area contributed by atoms with Gasteiger partial charge in [0, 0.05) is 13.1 Å². The van der Waals surface area contributed by atoms with Gasteiger partial charge in [-0.1, -0.05) is 12.1 Å². The maximum Gasteiger partial charge on any atom is 0.241 e. The first-order chi connectivity index (χ1) is 8.16. The molecule has 0 bridgehead atoms. The minimum atomic E-state index is -0.239. The van der Waals surface area contributed by atoms with E-state index in [-0.39, 0.29) is 18.1 Å². The number of carbonyl (C=O) groups is 1. The van der Waals surface area contributed by atoms with Gasteiger partial charge in [-0.2, -0.15) is 0 Å². The summed E-state index contributed by atoms with van der Waals surface area (Å²) in [4.78, 5) is 11.7. The number of carbonyl (C=O) groups excluding carboxylic acids is 1. The predicted octanol–water partition coefficient (Wildman–Crippen LogP) is 1.23. The topological polar surface area (TPSA) is 50.4 Å². The molecular formula is C13H18N2O2. The Kier molecular flexibility index (Phi) is 3.64. The van der Waals surface area contributed by atoms with Crippen LogP contribution < -0.4 is 15.4 Å². The number of amides is 1. The minimum absolute atomic E-state index is 0.0359. The molecule has 4 heteroatoms. The van der Waals surface area contributed by atoms with Crippen molar-refractivity contribution in [3.63, 3.8) is 0 Å². The zero-order valence-corrected chi connectivity index (χ0v) is 10.2. The Morgan fingerprint density at radius 3 is 2.53 bits per heavy atom. The third-order valence-electron chi connectivity index (χ3n) is 2.62. The van der Waals surface area contributed by atoms with Crippen molar-refractivity contribution in [2.24, 2.45) is 0 Å². The molecule has 1 aromatic carbocycles. The van der Waals surface area contributed by atoms with E-state index in [2.05, 4.69) is 10.6 Å². The monoisotopic (exact) mass is 234 g/mol. The molecule has 92 valence electrons. The average molecular weight is 234 g/mol. The van der Waals surface area contributed by atoms with Gasteiger partial charge in [0.1, 0.15) is 11.8 Å². The molecule has 1 aromatic rings. The lowest BCUT2D eigenvalue weighted by molar-refractivity contribution is -0.124. The average Bonchev–Trinajstić information content (AvgIpc) is 2.30. The van der Waals surface area contributed by atoms with Crippen LogP contribution in [-0.4, -0.2) is 25.1 Å². The summed E-state index contributed by atoms with van der Waals surface area (Å²) in [6, 6.07) is 7.43. The van der Waals surface area contributed by atoms with E-state index >= 15 is 0 Å². The third kappa shape index (κ3) is 2.97. The van der Waals surface area contributed by atoms with Crippen LogP contribution in [0.25, 0.3) is 0 Å². The maximum absolute atomic E-state index is 11.7. The van der Waals surface area contributed by atoms with E-state index in [0.717, 1.165) is 17.9 Å². The van der Waals surface area contributed by atoms with Gasteiger partial charge in [-0.3, -0.25) is 4.79 Å². The highest BCUT2D eigenvalue weighted by Gasteiger charge is 2.22. The highest BCUT2D eigenvalue weighted by molar-refractivity contribution is 5.83. The van der Waals surface area contributed by atoms with E-state index in [1.807, 2.05) is 38.1 Å². The van der Waals surface area contributed by atoms with Gasteiger partial charge in [-0.05, 0) is 31.5 Å². The number of rotatable bonds is 3. The smallest absolute Gasteiger partial charge is 0.241 e. The molecule has 1 aliphatic heterocycles. The van der Waals surface area contributed by atoms with Crippen LogP contribution in [0, 0.1) is 0 Å². The quantitative estimate of drug-likeness (QED) is 0.827. The number of hydrogen-bond donors (Lipinski definition) is 2. The highest BCUT2D eigenvalue weighted by atomic mass is 16.5. The molecule has 0 radical (unpaired) electrons. The molecule has 2 rings (SSSR count). The fourth-order valence-corrected chi connectivity index (χ4v) is 1.88. The van der Waals surface area contributed by atoms with Gasteiger partial charge in [-0.15, -0.1) is 0 Å². The molecule has 1 fully saturated rings. The normalized spacial score (nSPS) is 20.2. The Labute approximate surface area is 101 Å². The first-order valence-electron chi connectivity index (χ1n) is 5.94. The van der Waals surface area contributed by atoms with Gasteiger partial charge in [0.05, 0.1) is 6.10 Å². The first kappa shape index (κ1) is 11.9. The molecule has 1 aliphatic rings. The number of nitrogens with one attached hydrogen (secondary N) is 2. The molecule has 1 saturated heterocycles. The summed E-state index contributed by atoms with van der Waals surface area (Å²) in [6.07, 6.45) is 0.164. The van der Waals surface area contributed by atoms with Gasteiger partial charge >= 0.3 is 0 Å². The molecule has 0 aliphatic carbocycles. The van der Waals surface area contributed by atoms with Crippen molar-refractivity contribution in [3.05, 3.63) is 29.8 Å². The summed E-state index contributed by atoms with van der Waals surface area (Å²) >= 11 is 0. The van der Waals surface area contributed by atoms with Crippen LogP contribution in [0.1, 0.15) is 25.5 Å².